The molecule has 1 N–H and O–H groups in total. The van der Waals surface area contributed by atoms with E-state index >= 15 is 0 Å². The Morgan fingerprint density at radius 3 is 2.44 bits per heavy atom. The number of ether oxygens (including phenoxy) is 1. The molecule has 3 rings (SSSR count). The molecule has 1 aliphatic rings. The van der Waals surface area contributed by atoms with Gasteiger partial charge >= 0.3 is 6.03 Å². The van der Waals surface area contributed by atoms with Crippen LogP contribution in [0.15, 0.2) is 53.4 Å². The Morgan fingerprint density at radius 1 is 1.12 bits per heavy atom. The number of nitriles is 1. The van der Waals surface area contributed by atoms with Gasteiger partial charge < -0.3 is 15.0 Å². The number of urea groups is 1. The van der Waals surface area contributed by atoms with Gasteiger partial charge in [0.1, 0.15) is 12.4 Å². The second-order valence-electron chi connectivity index (χ2n) is 7.04. The molecule has 2 aromatic rings. The van der Waals surface area contributed by atoms with Crippen molar-refractivity contribution in [3.05, 3.63) is 59.7 Å². The Hall–Kier alpha value is -3.23. The number of rotatable bonds is 7. The van der Waals surface area contributed by atoms with Crippen LogP contribution in [-0.2, 0) is 16.6 Å². The molecule has 0 atom stereocenters. The van der Waals surface area contributed by atoms with E-state index in [-0.39, 0.29) is 43.7 Å². The van der Waals surface area contributed by atoms with Gasteiger partial charge in [0.25, 0.3) is 6.43 Å². The molecule has 2 amide bonds. The highest BCUT2D eigenvalue weighted by molar-refractivity contribution is 7.89. The van der Waals surface area contributed by atoms with Crippen molar-refractivity contribution >= 4 is 16.1 Å². The van der Waals surface area contributed by atoms with Gasteiger partial charge in [-0.3, -0.25) is 0 Å². The van der Waals surface area contributed by atoms with Crippen LogP contribution in [0.1, 0.15) is 11.1 Å². The molecule has 0 spiro atoms. The predicted octanol–water partition coefficient (Wildman–Crippen LogP) is 2.42. The van der Waals surface area contributed by atoms with Crippen molar-refractivity contribution in [2.45, 2.75) is 17.9 Å². The number of carbonyl (C=O) groups excluding carboxylic acids is 1. The van der Waals surface area contributed by atoms with Crippen molar-refractivity contribution in [1.29, 1.82) is 5.26 Å². The van der Waals surface area contributed by atoms with Crippen LogP contribution < -0.4 is 10.1 Å². The molecular formula is C21H22F2N4O4S. The number of hydrogen-bond donors (Lipinski definition) is 1. The number of alkyl halides is 2. The summed E-state index contributed by atoms with van der Waals surface area (Å²) in [5.74, 6) is 0.290. The summed E-state index contributed by atoms with van der Waals surface area (Å²) in [6.45, 7) is 0.205. The van der Waals surface area contributed by atoms with Crippen molar-refractivity contribution < 1.29 is 26.7 Å². The Labute approximate surface area is 185 Å². The summed E-state index contributed by atoms with van der Waals surface area (Å²) in [4.78, 5) is 14.1. The molecule has 8 nitrogen and oxygen atoms in total. The SMILES string of the molecule is N#Cc1ccc(S(=O)(=O)N2CCN(C(=O)NCc3cccc(OCC(F)F)c3)CC2)cc1. The molecule has 1 saturated heterocycles. The number of nitrogens with zero attached hydrogens (tertiary/aromatic N) is 3. The van der Waals surface area contributed by atoms with Gasteiger partial charge in [-0.2, -0.15) is 9.57 Å². The molecule has 0 aromatic heterocycles. The Kier molecular flexibility index (Phi) is 7.61. The van der Waals surface area contributed by atoms with E-state index in [4.69, 9.17) is 10.00 Å². The highest BCUT2D eigenvalue weighted by Crippen LogP contribution is 2.19. The molecular weight excluding hydrogens is 442 g/mol. The standard InChI is InChI=1S/C21H22F2N4O4S/c22-20(23)15-31-18-3-1-2-17(12-18)14-25-21(28)26-8-10-27(11-9-26)32(29,30)19-6-4-16(13-24)5-7-19/h1-7,12,20H,8-11,14-15H2,(H,25,28). The first-order chi connectivity index (χ1) is 15.3. The zero-order chi connectivity index (χ0) is 23.1. The van der Waals surface area contributed by atoms with Gasteiger partial charge in [0.05, 0.1) is 16.5 Å². The van der Waals surface area contributed by atoms with Crippen LogP contribution in [0.2, 0.25) is 0 Å². The normalized spacial score (nSPS) is 14.8. The zero-order valence-corrected chi connectivity index (χ0v) is 17.9. The summed E-state index contributed by atoms with van der Waals surface area (Å²) < 4.78 is 56.4. The average molecular weight is 464 g/mol. The first-order valence-corrected chi connectivity index (χ1v) is 11.3. The Morgan fingerprint density at radius 2 is 1.81 bits per heavy atom. The lowest BCUT2D eigenvalue weighted by molar-refractivity contribution is 0.0818. The first-order valence-electron chi connectivity index (χ1n) is 9.82. The van der Waals surface area contributed by atoms with Crippen LogP contribution in [0.3, 0.4) is 0 Å². The topological polar surface area (TPSA) is 103 Å². The minimum Gasteiger partial charge on any atom is -0.488 e. The fraction of sp³-hybridized carbons (Fsp3) is 0.333. The minimum atomic E-state index is -3.71. The summed E-state index contributed by atoms with van der Waals surface area (Å²) >= 11 is 0. The van der Waals surface area contributed by atoms with Gasteiger partial charge in [0.15, 0.2) is 0 Å². The van der Waals surface area contributed by atoms with E-state index < -0.39 is 23.1 Å². The van der Waals surface area contributed by atoms with Crippen LogP contribution in [0.4, 0.5) is 13.6 Å². The van der Waals surface area contributed by atoms with E-state index in [9.17, 15) is 22.0 Å². The van der Waals surface area contributed by atoms with E-state index in [1.54, 1.807) is 24.3 Å². The quantitative estimate of drug-likeness (QED) is 0.678. The number of sulfonamides is 1. The lowest BCUT2D eigenvalue weighted by Gasteiger charge is -2.34. The number of nitrogens with one attached hydrogen (secondary N) is 1. The fourth-order valence-electron chi connectivity index (χ4n) is 3.18. The van der Waals surface area contributed by atoms with Gasteiger partial charge in [-0.1, -0.05) is 12.1 Å². The Balaban J connectivity index is 1.51. The third-order valence-corrected chi connectivity index (χ3v) is 6.78. The number of amides is 2. The maximum atomic E-state index is 12.8. The van der Waals surface area contributed by atoms with Gasteiger partial charge in [-0.25, -0.2) is 22.0 Å². The largest absolute Gasteiger partial charge is 0.488 e. The van der Waals surface area contributed by atoms with Crippen molar-refractivity contribution in [2.24, 2.45) is 0 Å². The van der Waals surface area contributed by atoms with Gasteiger partial charge in [-0.15, -0.1) is 0 Å². The molecule has 0 saturated carbocycles. The van der Waals surface area contributed by atoms with E-state index in [1.165, 1.54) is 33.5 Å². The zero-order valence-electron chi connectivity index (χ0n) is 17.1. The monoisotopic (exact) mass is 464 g/mol. The molecule has 0 unspecified atom stereocenters. The molecule has 0 bridgehead atoms. The molecule has 1 aliphatic heterocycles. The number of carbonyl (C=O) groups is 1. The molecule has 11 heteroatoms. The van der Waals surface area contributed by atoms with Gasteiger partial charge in [0, 0.05) is 32.7 Å². The van der Waals surface area contributed by atoms with E-state index in [2.05, 4.69) is 5.32 Å². The van der Waals surface area contributed by atoms with Crippen LogP contribution in [0.25, 0.3) is 0 Å². The van der Waals surface area contributed by atoms with Gasteiger partial charge in [-0.05, 0) is 42.0 Å². The second-order valence-corrected chi connectivity index (χ2v) is 8.97. The molecule has 1 heterocycles. The molecule has 170 valence electrons. The van der Waals surface area contributed by atoms with E-state index in [1.807, 2.05) is 6.07 Å². The molecule has 0 radical (unpaired) electrons. The van der Waals surface area contributed by atoms with Gasteiger partial charge in [0.2, 0.25) is 10.0 Å². The fourth-order valence-corrected chi connectivity index (χ4v) is 4.60. The van der Waals surface area contributed by atoms with Crippen LogP contribution >= 0.6 is 0 Å². The summed E-state index contributed by atoms with van der Waals surface area (Å²) in [6, 6.07) is 13.8. The Bertz CT molecular complexity index is 1080. The molecule has 0 aliphatic carbocycles. The van der Waals surface area contributed by atoms with Crippen LogP contribution in [-0.4, -0.2) is 62.9 Å². The minimum absolute atomic E-state index is 0.100. The summed E-state index contributed by atoms with van der Waals surface area (Å²) in [7, 11) is -3.71. The van der Waals surface area contributed by atoms with Crippen LogP contribution in [0, 0.1) is 11.3 Å². The maximum Gasteiger partial charge on any atom is 0.317 e. The van der Waals surface area contributed by atoms with Crippen molar-refractivity contribution in [2.75, 3.05) is 32.8 Å². The number of halogens is 2. The summed E-state index contributed by atoms with van der Waals surface area (Å²) in [6.07, 6.45) is -2.57. The predicted molar refractivity (Wildman–Crippen MR) is 112 cm³/mol. The van der Waals surface area contributed by atoms with Crippen molar-refractivity contribution in [1.82, 2.24) is 14.5 Å². The van der Waals surface area contributed by atoms with E-state index in [0.29, 0.717) is 16.9 Å². The number of hydrogen-bond acceptors (Lipinski definition) is 5. The summed E-state index contributed by atoms with van der Waals surface area (Å²) in [5, 5.41) is 11.6. The highest BCUT2D eigenvalue weighted by atomic mass is 32.2. The second kappa shape index (κ2) is 10.4. The van der Waals surface area contributed by atoms with Crippen molar-refractivity contribution in [3.63, 3.8) is 0 Å². The summed E-state index contributed by atoms with van der Waals surface area (Å²) in [5.41, 5.74) is 1.06. The van der Waals surface area contributed by atoms with Crippen molar-refractivity contribution in [3.8, 4) is 11.8 Å². The lowest BCUT2D eigenvalue weighted by Crippen LogP contribution is -2.52. The average Bonchev–Trinajstić information content (AvgIpc) is 2.81. The number of benzene rings is 2. The van der Waals surface area contributed by atoms with Crippen LogP contribution in [0.5, 0.6) is 5.75 Å². The smallest absolute Gasteiger partial charge is 0.317 e. The molecule has 1 fully saturated rings. The lowest BCUT2D eigenvalue weighted by atomic mass is 10.2. The molecule has 2 aromatic carbocycles. The molecule has 32 heavy (non-hydrogen) atoms. The third-order valence-electron chi connectivity index (χ3n) is 4.87. The van der Waals surface area contributed by atoms with E-state index in [0.717, 1.165) is 0 Å². The first kappa shape index (κ1) is 23.4. The number of piperazine rings is 1. The third kappa shape index (κ3) is 5.93. The highest BCUT2D eigenvalue weighted by Gasteiger charge is 2.30. The maximum absolute atomic E-state index is 12.8.